The maximum atomic E-state index is 4.00. The molecular weight excluding hydrogens is 196 g/mol. The fourth-order valence-electron chi connectivity index (χ4n) is 1.93. The van der Waals surface area contributed by atoms with Crippen molar-refractivity contribution in [3.8, 4) is 0 Å². The van der Waals surface area contributed by atoms with Gasteiger partial charge in [-0.15, -0.1) is 0 Å². The van der Waals surface area contributed by atoms with Crippen molar-refractivity contribution >= 4 is 0 Å². The van der Waals surface area contributed by atoms with E-state index in [2.05, 4.69) is 51.4 Å². The lowest BCUT2D eigenvalue weighted by Crippen LogP contribution is -2.42. The molecule has 1 N–H and O–H groups in total. The van der Waals surface area contributed by atoms with Crippen LogP contribution in [0.25, 0.3) is 0 Å². The summed E-state index contributed by atoms with van der Waals surface area (Å²) in [5, 5.41) is 3.50. The zero-order valence-electron chi connectivity index (χ0n) is 11.8. The van der Waals surface area contributed by atoms with Gasteiger partial charge in [-0.05, 0) is 45.8 Å². The van der Waals surface area contributed by atoms with Crippen molar-refractivity contribution in [1.29, 1.82) is 0 Å². The lowest BCUT2D eigenvalue weighted by molar-refractivity contribution is 0.181. The first-order valence-electron chi connectivity index (χ1n) is 6.62. The van der Waals surface area contributed by atoms with E-state index in [-0.39, 0.29) is 0 Å². The van der Waals surface area contributed by atoms with Crippen LogP contribution in [-0.2, 0) is 0 Å². The summed E-state index contributed by atoms with van der Waals surface area (Å²) >= 11 is 0. The number of hydrogen-bond donors (Lipinski definition) is 1. The first kappa shape index (κ1) is 15.7. The third-order valence-corrected chi connectivity index (χ3v) is 3.17. The summed E-state index contributed by atoms with van der Waals surface area (Å²) in [6.07, 6.45) is 1.21. The zero-order valence-corrected chi connectivity index (χ0v) is 11.8. The van der Waals surface area contributed by atoms with Gasteiger partial charge >= 0.3 is 0 Å². The summed E-state index contributed by atoms with van der Waals surface area (Å²) in [6, 6.07) is 0.617. The van der Waals surface area contributed by atoms with Gasteiger partial charge in [0.15, 0.2) is 0 Å². The Morgan fingerprint density at radius 3 is 2.38 bits per heavy atom. The van der Waals surface area contributed by atoms with E-state index in [9.17, 15) is 0 Å². The van der Waals surface area contributed by atoms with E-state index < -0.39 is 0 Å². The van der Waals surface area contributed by atoms with Gasteiger partial charge in [-0.25, -0.2) is 0 Å². The van der Waals surface area contributed by atoms with Crippen LogP contribution in [-0.4, -0.2) is 37.1 Å². The number of nitrogens with one attached hydrogen (secondary N) is 1. The number of likely N-dealkylation sites (N-methyl/N-ethyl adjacent to an activating group) is 1. The Morgan fingerprint density at radius 1 is 1.31 bits per heavy atom. The molecule has 0 aromatic heterocycles. The standard InChI is InChI=1S/C14H30N2/c1-7-9-15-10-13(5)14(6)16(8-2)11-12(3)4/h13-15H,3,7-11H2,1-2,4-6H3. The summed E-state index contributed by atoms with van der Waals surface area (Å²) in [4.78, 5) is 2.50. The van der Waals surface area contributed by atoms with E-state index in [1.165, 1.54) is 12.0 Å². The summed E-state index contributed by atoms with van der Waals surface area (Å²) in [5.41, 5.74) is 1.25. The van der Waals surface area contributed by atoms with Gasteiger partial charge in [0.25, 0.3) is 0 Å². The van der Waals surface area contributed by atoms with Crippen molar-refractivity contribution in [2.45, 2.75) is 47.1 Å². The highest BCUT2D eigenvalue weighted by Crippen LogP contribution is 2.11. The Labute approximate surface area is 102 Å². The van der Waals surface area contributed by atoms with E-state index in [1.54, 1.807) is 0 Å². The molecule has 0 amide bonds. The predicted octanol–water partition coefficient (Wildman–Crippen LogP) is 2.91. The van der Waals surface area contributed by atoms with Gasteiger partial charge in [-0.2, -0.15) is 0 Å². The molecule has 0 aromatic carbocycles. The average Bonchev–Trinajstić information content (AvgIpc) is 2.24. The molecule has 0 fully saturated rings. The molecule has 0 rings (SSSR count). The van der Waals surface area contributed by atoms with Crippen LogP contribution in [0.5, 0.6) is 0 Å². The van der Waals surface area contributed by atoms with Gasteiger partial charge in [-0.3, -0.25) is 4.90 Å². The normalized spacial score (nSPS) is 15.1. The molecule has 2 nitrogen and oxygen atoms in total. The van der Waals surface area contributed by atoms with Crippen molar-refractivity contribution in [2.24, 2.45) is 5.92 Å². The molecule has 0 aliphatic rings. The van der Waals surface area contributed by atoms with Crippen LogP contribution in [0.3, 0.4) is 0 Å². The average molecular weight is 226 g/mol. The van der Waals surface area contributed by atoms with Crippen LogP contribution in [0.1, 0.15) is 41.0 Å². The van der Waals surface area contributed by atoms with Crippen LogP contribution in [0.4, 0.5) is 0 Å². The summed E-state index contributed by atoms with van der Waals surface area (Å²) < 4.78 is 0. The second kappa shape index (κ2) is 8.77. The number of nitrogens with zero attached hydrogens (tertiary/aromatic N) is 1. The number of hydrogen-bond acceptors (Lipinski definition) is 2. The number of rotatable bonds is 9. The minimum absolute atomic E-state index is 0.617. The highest BCUT2D eigenvalue weighted by molar-refractivity contribution is 4.93. The molecule has 0 aromatic rings. The van der Waals surface area contributed by atoms with Crippen molar-refractivity contribution in [3.05, 3.63) is 12.2 Å². The molecule has 0 radical (unpaired) electrons. The van der Waals surface area contributed by atoms with E-state index >= 15 is 0 Å². The highest BCUT2D eigenvalue weighted by atomic mass is 15.1. The van der Waals surface area contributed by atoms with Gasteiger partial charge in [0, 0.05) is 12.6 Å². The van der Waals surface area contributed by atoms with Gasteiger partial charge in [0.1, 0.15) is 0 Å². The topological polar surface area (TPSA) is 15.3 Å². The second-order valence-corrected chi connectivity index (χ2v) is 4.94. The maximum Gasteiger partial charge on any atom is 0.0190 e. The molecule has 16 heavy (non-hydrogen) atoms. The smallest absolute Gasteiger partial charge is 0.0190 e. The first-order chi connectivity index (χ1) is 7.52. The molecule has 0 aliphatic heterocycles. The lowest BCUT2D eigenvalue weighted by atomic mass is 10.0. The lowest BCUT2D eigenvalue weighted by Gasteiger charge is -2.32. The van der Waals surface area contributed by atoms with Gasteiger partial charge in [-0.1, -0.05) is 32.9 Å². The molecule has 0 bridgehead atoms. The largest absolute Gasteiger partial charge is 0.316 e. The van der Waals surface area contributed by atoms with Gasteiger partial charge < -0.3 is 5.32 Å². The third kappa shape index (κ3) is 6.29. The zero-order chi connectivity index (χ0) is 12.6. The van der Waals surface area contributed by atoms with Gasteiger partial charge in [0.05, 0.1) is 0 Å². The molecular formula is C14H30N2. The molecule has 0 spiro atoms. The minimum Gasteiger partial charge on any atom is -0.316 e. The van der Waals surface area contributed by atoms with E-state index in [0.29, 0.717) is 12.0 Å². The molecule has 0 heterocycles. The monoisotopic (exact) mass is 226 g/mol. The maximum absolute atomic E-state index is 4.00. The van der Waals surface area contributed by atoms with E-state index in [1.807, 2.05) is 0 Å². The Morgan fingerprint density at radius 2 is 1.94 bits per heavy atom. The second-order valence-electron chi connectivity index (χ2n) is 4.94. The fourth-order valence-corrected chi connectivity index (χ4v) is 1.93. The molecule has 2 unspecified atom stereocenters. The molecule has 0 aliphatic carbocycles. The van der Waals surface area contributed by atoms with E-state index in [0.717, 1.165) is 26.2 Å². The van der Waals surface area contributed by atoms with Crippen molar-refractivity contribution in [1.82, 2.24) is 10.2 Å². The van der Waals surface area contributed by atoms with Crippen LogP contribution in [0.15, 0.2) is 12.2 Å². The Bertz CT molecular complexity index is 189. The van der Waals surface area contributed by atoms with Crippen LogP contribution < -0.4 is 5.32 Å². The summed E-state index contributed by atoms with van der Waals surface area (Å²) in [7, 11) is 0. The van der Waals surface area contributed by atoms with Crippen molar-refractivity contribution < 1.29 is 0 Å². The molecule has 0 saturated carbocycles. The first-order valence-corrected chi connectivity index (χ1v) is 6.62. The summed E-state index contributed by atoms with van der Waals surface area (Å²) in [6.45, 7) is 19.6. The van der Waals surface area contributed by atoms with Crippen LogP contribution in [0, 0.1) is 5.92 Å². The quantitative estimate of drug-likeness (QED) is 0.480. The third-order valence-electron chi connectivity index (χ3n) is 3.17. The Balaban J connectivity index is 4.05. The van der Waals surface area contributed by atoms with Crippen molar-refractivity contribution in [3.63, 3.8) is 0 Å². The van der Waals surface area contributed by atoms with Gasteiger partial charge in [0.2, 0.25) is 0 Å². The molecule has 0 saturated heterocycles. The molecule has 2 atom stereocenters. The molecule has 96 valence electrons. The van der Waals surface area contributed by atoms with Crippen LogP contribution >= 0.6 is 0 Å². The SMILES string of the molecule is C=C(C)CN(CC)C(C)C(C)CNCCC. The highest BCUT2D eigenvalue weighted by Gasteiger charge is 2.18. The van der Waals surface area contributed by atoms with Crippen LogP contribution in [0.2, 0.25) is 0 Å². The predicted molar refractivity (Wildman–Crippen MR) is 73.8 cm³/mol. The Kier molecular flexibility index (Phi) is 8.58. The minimum atomic E-state index is 0.617. The molecule has 2 heteroatoms. The fraction of sp³-hybridized carbons (Fsp3) is 0.857. The summed E-state index contributed by atoms with van der Waals surface area (Å²) in [5.74, 6) is 0.686. The van der Waals surface area contributed by atoms with E-state index in [4.69, 9.17) is 0 Å². The van der Waals surface area contributed by atoms with Crippen molar-refractivity contribution in [2.75, 3.05) is 26.2 Å². The Hall–Kier alpha value is -0.340.